The van der Waals surface area contributed by atoms with Gasteiger partial charge in [0.05, 0.1) is 0 Å². The molecule has 2 heteroatoms. The van der Waals surface area contributed by atoms with E-state index >= 15 is 0 Å². The summed E-state index contributed by atoms with van der Waals surface area (Å²) in [6.07, 6.45) is 24.0. The van der Waals surface area contributed by atoms with Gasteiger partial charge in [0.15, 0.2) is 0 Å². The maximum absolute atomic E-state index is 6.54. The Bertz CT molecular complexity index is 247. The third-order valence-corrected chi connectivity index (χ3v) is 5.82. The smallest absolute Gasteiger partial charge is 0.0418 e. The second-order valence-electron chi connectivity index (χ2n) is 8.43. The van der Waals surface area contributed by atoms with Crippen molar-refractivity contribution in [3.63, 3.8) is 0 Å². The molecule has 0 aromatic heterocycles. The standard InChI is InChI=1S/C23H47Cl.H4Si/c1-5-7-8-9-10-11-12-13-14-15-16-17-18-19-21-22(20-6-2)23(3,4)24;/h22H,5-21H2,1-4H3;1H4. The van der Waals surface area contributed by atoms with E-state index < -0.39 is 0 Å². The van der Waals surface area contributed by atoms with Crippen LogP contribution in [0.15, 0.2) is 0 Å². The van der Waals surface area contributed by atoms with E-state index in [1.165, 1.54) is 109 Å². The van der Waals surface area contributed by atoms with E-state index in [1.54, 1.807) is 0 Å². The van der Waals surface area contributed by atoms with E-state index in [0.717, 1.165) is 0 Å². The van der Waals surface area contributed by atoms with Crippen LogP contribution in [-0.4, -0.2) is 15.8 Å². The number of hydrogen-bond donors (Lipinski definition) is 0. The van der Waals surface area contributed by atoms with Crippen molar-refractivity contribution in [1.29, 1.82) is 0 Å². The fourth-order valence-corrected chi connectivity index (χ4v) is 3.98. The molecule has 0 heterocycles. The Kier molecular flexibility index (Phi) is 21.4. The highest BCUT2D eigenvalue weighted by atomic mass is 35.5. The summed E-state index contributed by atoms with van der Waals surface area (Å²) in [6.45, 7) is 8.96. The summed E-state index contributed by atoms with van der Waals surface area (Å²) in [6, 6.07) is 0. The lowest BCUT2D eigenvalue weighted by atomic mass is 9.86. The van der Waals surface area contributed by atoms with Crippen molar-refractivity contribution >= 4 is 22.6 Å². The summed E-state index contributed by atoms with van der Waals surface area (Å²) in [7, 11) is 0. The van der Waals surface area contributed by atoms with Crippen LogP contribution >= 0.6 is 11.6 Å². The van der Waals surface area contributed by atoms with Crippen LogP contribution in [0.2, 0.25) is 0 Å². The molecule has 1 atom stereocenters. The highest BCUT2D eigenvalue weighted by molar-refractivity contribution is 6.23. The Morgan fingerprint density at radius 1 is 0.560 bits per heavy atom. The first kappa shape index (κ1) is 27.7. The van der Waals surface area contributed by atoms with Crippen molar-refractivity contribution in [2.24, 2.45) is 5.92 Å². The minimum absolute atomic E-state index is 0. The van der Waals surface area contributed by atoms with Crippen LogP contribution in [0.1, 0.15) is 137 Å². The van der Waals surface area contributed by atoms with Crippen LogP contribution in [0, 0.1) is 5.92 Å². The Hall–Kier alpha value is 0.507. The molecular formula is C23H51ClSi. The van der Waals surface area contributed by atoms with Gasteiger partial charge in [-0.15, -0.1) is 11.6 Å². The molecule has 154 valence electrons. The Labute approximate surface area is 170 Å². The largest absolute Gasteiger partial charge is 0.120 e. The van der Waals surface area contributed by atoms with Crippen molar-refractivity contribution in [2.45, 2.75) is 142 Å². The molecule has 0 fully saturated rings. The van der Waals surface area contributed by atoms with Crippen LogP contribution in [0.3, 0.4) is 0 Å². The van der Waals surface area contributed by atoms with Crippen LogP contribution in [0.4, 0.5) is 0 Å². The van der Waals surface area contributed by atoms with Gasteiger partial charge in [0.2, 0.25) is 0 Å². The molecule has 0 N–H and O–H groups in total. The van der Waals surface area contributed by atoms with Crippen LogP contribution in [-0.2, 0) is 0 Å². The maximum Gasteiger partial charge on any atom is 0.0418 e. The van der Waals surface area contributed by atoms with Crippen LogP contribution in [0.5, 0.6) is 0 Å². The summed E-state index contributed by atoms with van der Waals surface area (Å²) < 4.78 is 0. The van der Waals surface area contributed by atoms with Gasteiger partial charge in [-0.25, -0.2) is 0 Å². The lowest BCUT2D eigenvalue weighted by Crippen LogP contribution is -2.24. The molecule has 0 saturated carbocycles. The number of rotatable bonds is 18. The molecule has 1 unspecified atom stereocenters. The first-order chi connectivity index (χ1) is 11.5. The molecule has 0 spiro atoms. The summed E-state index contributed by atoms with van der Waals surface area (Å²) >= 11 is 6.54. The SMILES string of the molecule is CCCCCCCCCCCCCCCCC(CCC)C(C)(C)Cl.[SiH4]. The molecule has 0 saturated heterocycles. The third-order valence-electron chi connectivity index (χ3n) is 5.51. The van der Waals surface area contributed by atoms with Gasteiger partial charge < -0.3 is 0 Å². The molecule has 0 rings (SSSR count). The van der Waals surface area contributed by atoms with Gasteiger partial charge in [0.25, 0.3) is 0 Å². The fraction of sp³-hybridized carbons (Fsp3) is 1.00. The molecule has 0 aliphatic rings. The molecule has 0 amide bonds. The summed E-state index contributed by atoms with van der Waals surface area (Å²) in [5, 5.41) is 0. The van der Waals surface area contributed by atoms with E-state index in [9.17, 15) is 0 Å². The van der Waals surface area contributed by atoms with Gasteiger partial charge in [0.1, 0.15) is 0 Å². The van der Waals surface area contributed by atoms with Gasteiger partial charge >= 0.3 is 0 Å². The van der Waals surface area contributed by atoms with Crippen molar-refractivity contribution in [3.8, 4) is 0 Å². The quantitative estimate of drug-likeness (QED) is 0.127. The predicted molar refractivity (Wildman–Crippen MR) is 125 cm³/mol. The molecule has 0 aliphatic carbocycles. The molecule has 0 aromatic carbocycles. The minimum Gasteiger partial charge on any atom is -0.120 e. The van der Waals surface area contributed by atoms with E-state index in [0.29, 0.717) is 5.92 Å². The molecular weight excluding hydrogens is 340 g/mol. The number of hydrogen-bond acceptors (Lipinski definition) is 0. The Morgan fingerprint density at radius 3 is 1.24 bits per heavy atom. The van der Waals surface area contributed by atoms with E-state index in [1.807, 2.05) is 0 Å². The highest BCUT2D eigenvalue weighted by Gasteiger charge is 2.25. The normalized spacial score (nSPS) is 12.8. The molecule has 0 bridgehead atoms. The molecule has 0 nitrogen and oxygen atoms in total. The van der Waals surface area contributed by atoms with E-state index in [4.69, 9.17) is 11.6 Å². The lowest BCUT2D eigenvalue weighted by molar-refractivity contribution is 0.344. The fourth-order valence-electron chi connectivity index (χ4n) is 3.76. The summed E-state index contributed by atoms with van der Waals surface area (Å²) in [5.41, 5.74) is 0. The molecule has 25 heavy (non-hydrogen) atoms. The van der Waals surface area contributed by atoms with Gasteiger partial charge in [0, 0.05) is 4.87 Å². The lowest BCUT2D eigenvalue weighted by Gasteiger charge is -2.28. The van der Waals surface area contributed by atoms with Gasteiger partial charge in [-0.3, -0.25) is 0 Å². The summed E-state index contributed by atoms with van der Waals surface area (Å²) in [4.78, 5) is -0.0213. The second kappa shape index (κ2) is 19.3. The van der Waals surface area contributed by atoms with Crippen LogP contribution < -0.4 is 0 Å². The van der Waals surface area contributed by atoms with Gasteiger partial charge in [-0.1, -0.05) is 110 Å². The number of halogens is 1. The highest BCUT2D eigenvalue weighted by Crippen LogP contribution is 2.32. The zero-order valence-corrected chi connectivity index (χ0v) is 18.2. The van der Waals surface area contributed by atoms with Gasteiger partial charge in [-0.2, -0.15) is 0 Å². The van der Waals surface area contributed by atoms with Crippen molar-refractivity contribution in [1.82, 2.24) is 0 Å². The summed E-state index contributed by atoms with van der Waals surface area (Å²) in [5.74, 6) is 0.696. The average molecular weight is 391 g/mol. The first-order valence-electron chi connectivity index (χ1n) is 11.2. The second-order valence-corrected chi connectivity index (χ2v) is 9.41. The van der Waals surface area contributed by atoms with Crippen molar-refractivity contribution in [2.75, 3.05) is 0 Å². The van der Waals surface area contributed by atoms with Crippen LogP contribution in [0.25, 0.3) is 0 Å². The van der Waals surface area contributed by atoms with Gasteiger partial charge in [-0.05, 0) is 43.6 Å². The minimum atomic E-state index is -0.0213. The monoisotopic (exact) mass is 390 g/mol. The third kappa shape index (κ3) is 19.1. The van der Waals surface area contributed by atoms with E-state index in [2.05, 4.69) is 27.7 Å². The van der Waals surface area contributed by atoms with Crippen molar-refractivity contribution in [3.05, 3.63) is 0 Å². The Morgan fingerprint density at radius 2 is 0.920 bits per heavy atom. The maximum atomic E-state index is 6.54. The molecule has 0 radical (unpaired) electrons. The predicted octanol–water partition coefficient (Wildman–Crippen LogP) is 7.84. The first-order valence-corrected chi connectivity index (χ1v) is 11.6. The number of alkyl halides is 1. The topological polar surface area (TPSA) is 0 Å². The van der Waals surface area contributed by atoms with Crippen molar-refractivity contribution < 1.29 is 0 Å². The molecule has 0 aliphatic heterocycles. The Balaban J connectivity index is 0. The zero-order valence-electron chi connectivity index (χ0n) is 17.5. The van der Waals surface area contributed by atoms with E-state index in [-0.39, 0.29) is 15.8 Å². The molecule has 0 aromatic rings. The zero-order chi connectivity index (χ0) is 18.1. The average Bonchev–Trinajstić information content (AvgIpc) is 2.53. The number of unbranched alkanes of at least 4 members (excludes halogenated alkanes) is 13.